The number of pyridine rings is 1. The molecule has 41 heavy (non-hydrogen) atoms. The maximum Gasteiger partial charge on any atom is 0.435 e. The van der Waals surface area contributed by atoms with Gasteiger partial charge >= 0.3 is 6.18 Å². The number of hydrogen-bond donors (Lipinski definition) is 0. The fourth-order valence-corrected chi connectivity index (χ4v) is 5.37. The van der Waals surface area contributed by atoms with Crippen LogP contribution in [0.25, 0.3) is 27.8 Å². The van der Waals surface area contributed by atoms with Gasteiger partial charge in [0.2, 0.25) is 5.91 Å². The standard InChI is InChI=1S/C28H21F3N8OS/c1-16(2)18-5-3-4-6-21(18)39-25(40)14-41-27(39)37-33-13-17-7-8-19-20(34-17)9-10-22-26(19)32-15-38(22)24-12-11-23(35-36-24)28(29,30)31/h3-13,15-16H,14H2,1-2H3. The van der Waals surface area contributed by atoms with E-state index >= 15 is 0 Å². The molecular weight excluding hydrogens is 553 g/mol. The van der Waals surface area contributed by atoms with Gasteiger partial charge in [0.05, 0.1) is 39.9 Å². The molecule has 1 fully saturated rings. The first-order chi connectivity index (χ1) is 19.7. The first-order valence-electron chi connectivity index (χ1n) is 12.5. The molecule has 0 aliphatic carbocycles. The van der Waals surface area contributed by atoms with Crippen molar-refractivity contribution in [1.82, 2.24) is 24.7 Å². The Morgan fingerprint density at radius 1 is 1.02 bits per heavy atom. The number of para-hydroxylation sites is 1. The van der Waals surface area contributed by atoms with Gasteiger partial charge in [-0.1, -0.05) is 43.8 Å². The third kappa shape index (κ3) is 5.04. The molecule has 0 N–H and O–H groups in total. The van der Waals surface area contributed by atoms with E-state index in [-0.39, 0.29) is 23.4 Å². The number of amidine groups is 1. The number of halogens is 3. The third-order valence-electron chi connectivity index (χ3n) is 6.49. The lowest BCUT2D eigenvalue weighted by molar-refractivity contribution is -0.141. The highest BCUT2D eigenvalue weighted by atomic mass is 32.2. The van der Waals surface area contributed by atoms with Gasteiger partial charge < -0.3 is 0 Å². The quantitative estimate of drug-likeness (QED) is 0.189. The lowest BCUT2D eigenvalue weighted by Crippen LogP contribution is -2.30. The summed E-state index contributed by atoms with van der Waals surface area (Å²) in [6, 6.07) is 17.1. The van der Waals surface area contributed by atoms with Crippen molar-refractivity contribution in [3.05, 3.63) is 83.9 Å². The number of nitrogens with zero attached hydrogens (tertiary/aromatic N) is 8. The molecule has 4 heterocycles. The van der Waals surface area contributed by atoms with Gasteiger partial charge in [-0.15, -0.1) is 15.3 Å². The van der Waals surface area contributed by atoms with Crippen molar-refractivity contribution in [2.24, 2.45) is 10.2 Å². The molecular formula is C28H21F3N8OS. The van der Waals surface area contributed by atoms with Crippen LogP contribution in [0.15, 0.2) is 77.2 Å². The van der Waals surface area contributed by atoms with E-state index in [2.05, 4.69) is 44.2 Å². The van der Waals surface area contributed by atoms with Crippen LogP contribution in [-0.2, 0) is 11.0 Å². The maximum absolute atomic E-state index is 12.9. The number of thioether (sulfide) groups is 1. The number of anilines is 1. The van der Waals surface area contributed by atoms with Crippen LogP contribution in [0.4, 0.5) is 18.9 Å². The highest BCUT2D eigenvalue weighted by Gasteiger charge is 2.33. The molecule has 0 spiro atoms. The molecule has 2 aromatic carbocycles. The fourth-order valence-electron chi connectivity index (χ4n) is 4.55. The highest BCUT2D eigenvalue weighted by Crippen LogP contribution is 2.33. The Balaban J connectivity index is 1.27. The number of carbonyl (C=O) groups is 1. The number of benzene rings is 2. The molecule has 206 valence electrons. The molecule has 1 amide bonds. The van der Waals surface area contributed by atoms with Crippen molar-refractivity contribution in [3.63, 3.8) is 0 Å². The van der Waals surface area contributed by atoms with E-state index in [0.29, 0.717) is 27.4 Å². The van der Waals surface area contributed by atoms with Gasteiger partial charge in [0, 0.05) is 5.39 Å². The van der Waals surface area contributed by atoms with E-state index in [1.165, 1.54) is 30.4 Å². The minimum Gasteiger partial charge on any atom is -0.281 e. The molecule has 1 aliphatic heterocycles. The van der Waals surface area contributed by atoms with E-state index in [1.807, 2.05) is 30.3 Å². The SMILES string of the molecule is CC(C)c1ccccc1N1C(=O)CSC1=NN=Cc1ccc2c(ccc3c2ncn3-c2ccc(C(F)(F)F)nn2)n1. The van der Waals surface area contributed by atoms with E-state index in [1.54, 1.807) is 27.7 Å². The molecule has 9 nitrogen and oxygen atoms in total. The summed E-state index contributed by atoms with van der Waals surface area (Å²) in [6.07, 6.45) is -1.57. The van der Waals surface area contributed by atoms with Crippen LogP contribution in [0, 0.1) is 0 Å². The molecule has 0 radical (unpaired) electrons. The largest absolute Gasteiger partial charge is 0.435 e. The minimum absolute atomic E-state index is 0.0494. The first-order valence-corrected chi connectivity index (χ1v) is 13.5. The Kier molecular flexibility index (Phi) is 6.73. The average molecular weight is 575 g/mol. The van der Waals surface area contributed by atoms with Crippen molar-refractivity contribution in [2.75, 3.05) is 10.7 Å². The zero-order valence-corrected chi connectivity index (χ0v) is 22.6. The molecule has 1 saturated heterocycles. The summed E-state index contributed by atoms with van der Waals surface area (Å²) in [5, 5.41) is 16.8. The third-order valence-corrected chi connectivity index (χ3v) is 7.40. The molecule has 1 aliphatic rings. The monoisotopic (exact) mass is 574 g/mol. The number of carbonyl (C=O) groups excluding carboxylic acids is 1. The normalized spacial score (nSPS) is 15.4. The number of alkyl halides is 3. The Bertz CT molecular complexity index is 1850. The minimum atomic E-state index is -4.57. The van der Waals surface area contributed by atoms with Gasteiger partial charge in [-0.3, -0.25) is 14.3 Å². The average Bonchev–Trinajstić information content (AvgIpc) is 3.56. The number of hydrogen-bond acceptors (Lipinski definition) is 8. The van der Waals surface area contributed by atoms with Gasteiger partial charge in [-0.05, 0) is 53.9 Å². The summed E-state index contributed by atoms with van der Waals surface area (Å²) in [6.45, 7) is 4.15. The van der Waals surface area contributed by atoms with Gasteiger partial charge in [0.15, 0.2) is 16.7 Å². The van der Waals surface area contributed by atoms with Crippen molar-refractivity contribution in [2.45, 2.75) is 25.9 Å². The van der Waals surface area contributed by atoms with Crippen LogP contribution in [0.1, 0.15) is 36.7 Å². The van der Waals surface area contributed by atoms with Crippen LogP contribution in [0.3, 0.4) is 0 Å². The maximum atomic E-state index is 12.9. The summed E-state index contributed by atoms with van der Waals surface area (Å²) >= 11 is 1.33. The molecule has 0 saturated carbocycles. The van der Waals surface area contributed by atoms with Crippen LogP contribution >= 0.6 is 11.8 Å². The topological polar surface area (TPSA) is 102 Å². The zero-order valence-electron chi connectivity index (χ0n) is 21.7. The lowest BCUT2D eigenvalue weighted by atomic mass is 10.0. The van der Waals surface area contributed by atoms with Gasteiger partial charge in [0.1, 0.15) is 6.33 Å². The zero-order chi connectivity index (χ0) is 28.7. The van der Waals surface area contributed by atoms with Crippen molar-refractivity contribution < 1.29 is 18.0 Å². The smallest absolute Gasteiger partial charge is 0.281 e. The molecule has 0 bridgehead atoms. The fraction of sp³-hybridized carbons (Fsp3) is 0.179. The van der Waals surface area contributed by atoms with Crippen LogP contribution < -0.4 is 4.90 Å². The number of amides is 1. The van der Waals surface area contributed by atoms with Crippen LogP contribution in [-0.4, -0.2) is 47.8 Å². The Labute approximate surface area is 235 Å². The highest BCUT2D eigenvalue weighted by molar-refractivity contribution is 8.15. The number of imidazole rings is 1. The number of aromatic nitrogens is 5. The Morgan fingerprint density at radius 2 is 1.85 bits per heavy atom. The number of fused-ring (bicyclic) bond motifs is 3. The van der Waals surface area contributed by atoms with Crippen LogP contribution in [0.2, 0.25) is 0 Å². The van der Waals surface area contributed by atoms with Crippen molar-refractivity contribution in [1.29, 1.82) is 0 Å². The predicted octanol–water partition coefficient (Wildman–Crippen LogP) is 5.98. The molecule has 3 aromatic heterocycles. The molecule has 0 atom stereocenters. The van der Waals surface area contributed by atoms with E-state index in [4.69, 9.17) is 0 Å². The second kappa shape index (κ2) is 10.4. The second-order valence-corrected chi connectivity index (χ2v) is 10.4. The van der Waals surface area contributed by atoms with E-state index in [9.17, 15) is 18.0 Å². The van der Waals surface area contributed by atoms with Gasteiger partial charge in [-0.25, -0.2) is 9.97 Å². The summed E-state index contributed by atoms with van der Waals surface area (Å²) in [5.41, 5.74) is 3.25. The first kappa shape index (κ1) is 26.6. The summed E-state index contributed by atoms with van der Waals surface area (Å²) in [5.74, 6) is 0.683. The molecule has 6 rings (SSSR count). The van der Waals surface area contributed by atoms with Gasteiger partial charge in [0.25, 0.3) is 0 Å². The van der Waals surface area contributed by atoms with E-state index in [0.717, 1.165) is 22.7 Å². The van der Waals surface area contributed by atoms with E-state index < -0.39 is 11.9 Å². The summed E-state index contributed by atoms with van der Waals surface area (Å²) < 4.78 is 40.1. The summed E-state index contributed by atoms with van der Waals surface area (Å²) in [7, 11) is 0. The Morgan fingerprint density at radius 3 is 2.61 bits per heavy atom. The number of rotatable bonds is 5. The molecule has 0 unspecified atom stereocenters. The lowest BCUT2D eigenvalue weighted by Gasteiger charge is -2.20. The van der Waals surface area contributed by atoms with Crippen LogP contribution in [0.5, 0.6) is 0 Å². The predicted molar refractivity (Wildman–Crippen MR) is 152 cm³/mol. The molecule has 5 aromatic rings. The van der Waals surface area contributed by atoms with Crippen molar-refractivity contribution in [3.8, 4) is 5.82 Å². The molecule has 13 heteroatoms. The van der Waals surface area contributed by atoms with Gasteiger partial charge in [-0.2, -0.15) is 18.3 Å². The second-order valence-electron chi connectivity index (χ2n) is 9.48. The Hall–Kier alpha value is -4.65. The summed E-state index contributed by atoms with van der Waals surface area (Å²) in [4.78, 5) is 23.4. The van der Waals surface area contributed by atoms with Crippen molar-refractivity contribution >= 4 is 56.7 Å².